The highest BCUT2D eigenvalue weighted by Crippen LogP contribution is 2.10. The van der Waals surface area contributed by atoms with E-state index < -0.39 is 0 Å². The van der Waals surface area contributed by atoms with E-state index in [1.807, 2.05) is 0 Å². The van der Waals surface area contributed by atoms with Gasteiger partial charge in [0.1, 0.15) is 0 Å². The molecular weight excluding hydrogens is 288 g/mol. The molecule has 0 unspecified atom stereocenters. The van der Waals surface area contributed by atoms with Gasteiger partial charge in [0.2, 0.25) is 23.6 Å². The fraction of sp³-hybridized carbons (Fsp3) is 0.714. The van der Waals surface area contributed by atoms with Crippen molar-refractivity contribution in [3.63, 3.8) is 0 Å². The molecule has 2 fully saturated rings. The maximum atomic E-state index is 11.4. The van der Waals surface area contributed by atoms with Gasteiger partial charge in [-0.2, -0.15) is 0 Å². The number of nitrogens with zero attached hydrogens (tertiary/aromatic N) is 2. The Balaban J connectivity index is 1.46. The second-order valence-electron chi connectivity index (χ2n) is 5.38. The molecule has 4 amide bonds. The normalized spacial score (nSPS) is 18.9. The van der Waals surface area contributed by atoms with Gasteiger partial charge in [0.05, 0.1) is 0 Å². The second kappa shape index (κ2) is 8.00. The summed E-state index contributed by atoms with van der Waals surface area (Å²) < 4.78 is 0. The van der Waals surface area contributed by atoms with Crippen LogP contribution in [0.25, 0.3) is 0 Å². The molecule has 122 valence electrons. The lowest BCUT2D eigenvalue weighted by molar-refractivity contribution is -0.139. The number of carbonyl (C=O) groups excluding carboxylic acids is 4. The van der Waals surface area contributed by atoms with Crippen molar-refractivity contribution in [1.29, 1.82) is 0 Å². The average Bonchev–Trinajstić information content (AvgIpc) is 2.98. The quantitative estimate of drug-likeness (QED) is 0.396. The number of hydrogen-bond donors (Lipinski definition) is 2. The maximum absolute atomic E-state index is 11.4. The number of imide groups is 2. The Bertz CT molecular complexity index is 392. The number of likely N-dealkylation sites (tertiary alicyclic amines) is 2. The van der Waals surface area contributed by atoms with Crippen molar-refractivity contribution in [1.82, 2.24) is 20.4 Å². The Hall–Kier alpha value is -1.80. The Morgan fingerprint density at radius 1 is 0.591 bits per heavy atom. The van der Waals surface area contributed by atoms with E-state index in [4.69, 9.17) is 0 Å². The summed E-state index contributed by atoms with van der Waals surface area (Å²) in [5, 5.41) is 6.29. The van der Waals surface area contributed by atoms with Gasteiger partial charge in [0, 0.05) is 65.0 Å². The van der Waals surface area contributed by atoms with E-state index in [1.165, 1.54) is 9.80 Å². The number of carbonyl (C=O) groups is 4. The first kappa shape index (κ1) is 16.6. The Morgan fingerprint density at radius 3 is 1.23 bits per heavy atom. The minimum Gasteiger partial charge on any atom is -0.314 e. The van der Waals surface area contributed by atoms with Gasteiger partial charge < -0.3 is 10.6 Å². The molecule has 0 spiro atoms. The van der Waals surface area contributed by atoms with Crippen molar-refractivity contribution < 1.29 is 19.2 Å². The van der Waals surface area contributed by atoms with Crippen LogP contribution in [-0.4, -0.2) is 72.7 Å². The average molecular weight is 310 g/mol. The number of nitrogens with one attached hydrogen (secondary N) is 2. The molecular formula is C14H22N4O4. The molecule has 0 aromatic carbocycles. The van der Waals surface area contributed by atoms with Gasteiger partial charge >= 0.3 is 0 Å². The highest BCUT2D eigenvalue weighted by Gasteiger charge is 2.28. The molecule has 2 rings (SSSR count). The molecule has 8 heteroatoms. The van der Waals surface area contributed by atoms with Crippen LogP contribution in [0.15, 0.2) is 0 Å². The lowest BCUT2D eigenvalue weighted by atomic mass is 10.4. The van der Waals surface area contributed by atoms with Gasteiger partial charge in [-0.3, -0.25) is 29.0 Å². The third kappa shape index (κ3) is 4.35. The predicted octanol–water partition coefficient (Wildman–Crippen LogP) is -1.54. The van der Waals surface area contributed by atoms with Gasteiger partial charge in [0.25, 0.3) is 0 Å². The van der Waals surface area contributed by atoms with Crippen molar-refractivity contribution >= 4 is 23.6 Å². The van der Waals surface area contributed by atoms with Crippen LogP contribution in [-0.2, 0) is 19.2 Å². The number of hydrogen-bond acceptors (Lipinski definition) is 6. The summed E-state index contributed by atoms with van der Waals surface area (Å²) in [4.78, 5) is 48.1. The highest BCUT2D eigenvalue weighted by atomic mass is 16.2. The van der Waals surface area contributed by atoms with Crippen molar-refractivity contribution in [3.05, 3.63) is 0 Å². The van der Waals surface area contributed by atoms with E-state index in [1.54, 1.807) is 0 Å². The van der Waals surface area contributed by atoms with E-state index in [9.17, 15) is 19.2 Å². The van der Waals surface area contributed by atoms with Gasteiger partial charge in [-0.15, -0.1) is 0 Å². The van der Waals surface area contributed by atoms with Gasteiger partial charge in [-0.1, -0.05) is 0 Å². The van der Waals surface area contributed by atoms with E-state index in [0.717, 1.165) is 0 Å². The Labute approximate surface area is 129 Å². The maximum Gasteiger partial charge on any atom is 0.229 e. The van der Waals surface area contributed by atoms with Gasteiger partial charge in [-0.25, -0.2) is 0 Å². The molecule has 0 radical (unpaired) electrons. The van der Waals surface area contributed by atoms with E-state index in [2.05, 4.69) is 10.6 Å². The largest absolute Gasteiger partial charge is 0.314 e. The molecule has 0 aromatic rings. The van der Waals surface area contributed by atoms with Gasteiger partial charge in [-0.05, 0) is 0 Å². The first-order valence-electron chi connectivity index (χ1n) is 7.67. The second-order valence-corrected chi connectivity index (χ2v) is 5.38. The monoisotopic (exact) mass is 310 g/mol. The topological polar surface area (TPSA) is 98.8 Å². The number of amides is 4. The molecule has 0 bridgehead atoms. The van der Waals surface area contributed by atoms with Crippen LogP contribution in [0.4, 0.5) is 0 Å². The summed E-state index contributed by atoms with van der Waals surface area (Å²) >= 11 is 0. The molecule has 22 heavy (non-hydrogen) atoms. The van der Waals surface area contributed by atoms with Crippen LogP contribution in [0.3, 0.4) is 0 Å². The van der Waals surface area contributed by atoms with Crippen LogP contribution in [0.2, 0.25) is 0 Å². The standard InChI is InChI=1S/C14H22N4O4/c19-11-1-2-12(20)17(11)9-7-15-5-6-16-8-10-18-13(21)3-4-14(18)22/h15-16H,1-10H2. The van der Waals surface area contributed by atoms with E-state index >= 15 is 0 Å². The van der Waals surface area contributed by atoms with Gasteiger partial charge in [0.15, 0.2) is 0 Å². The minimum absolute atomic E-state index is 0.0927. The molecule has 2 heterocycles. The van der Waals surface area contributed by atoms with Crippen molar-refractivity contribution in [2.45, 2.75) is 25.7 Å². The minimum atomic E-state index is -0.0927. The number of rotatable bonds is 9. The summed E-state index contributed by atoms with van der Waals surface area (Å²) in [6.45, 7) is 3.35. The first-order valence-corrected chi connectivity index (χ1v) is 7.67. The molecule has 8 nitrogen and oxygen atoms in total. The smallest absolute Gasteiger partial charge is 0.229 e. The Kier molecular flexibility index (Phi) is 6.02. The van der Waals surface area contributed by atoms with Crippen LogP contribution >= 0.6 is 0 Å². The zero-order valence-electron chi connectivity index (χ0n) is 12.6. The Morgan fingerprint density at radius 2 is 0.909 bits per heavy atom. The molecule has 0 aromatic heterocycles. The first-order chi connectivity index (χ1) is 10.6. The van der Waals surface area contributed by atoms with Crippen LogP contribution < -0.4 is 10.6 Å². The zero-order valence-corrected chi connectivity index (χ0v) is 12.6. The lowest BCUT2D eigenvalue weighted by Crippen LogP contribution is -2.39. The fourth-order valence-corrected chi connectivity index (χ4v) is 2.55. The third-order valence-electron chi connectivity index (χ3n) is 3.81. The summed E-state index contributed by atoms with van der Waals surface area (Å²) in [7, 11) is 0. The molecule has 2 saturated heterocycles. The summed E-state index contributed by atoms with van der Waals surface area (Å²) in [6.07, 6.45) is 1.31. The third-order valence-corrected chi connectivity index (χ3v) is 3.81. The predicted molar refractivity (Wildman–Crippen MR) is 77.6 cm³/mol. The fourth-order valence-electron chi connectivity index (χ4n) is 2.55. The van der Waals surface area contributed by atoms with E-state index in [-0.39, 0.29) is 23.6 Å². The SMILES string of the molecule is O=C1CCC(=O)N1CCNCCNCCN1C(=O)CCC1=O. The van der Waals surface area contributed by atoms with Crippen LogP contribution in [0.5, 0.6) is 0 Å². The summed E-state index contributed by atoms with van der Waals surface area (Å²) in [6, 6.07) is 0. The molecule has 2 aliphatic rings. The van der Waals surface area contributed by atoms with Crippen molar-refractivity contribution in [2.24, 2.45) is 0 Å². The van der Waals surface area contributed by atoms with Crippen molar-refractivity contribution in [2.75, 3.05) is 39.3 Å². The molecule has 2 N–H and O–H groups in total. The van der Waals surface area contributed by atoms with E-state index in [0.29, 0.717) is 65.0 Å². The molecule has 0 aliphatic carbocycles. The van der Waals surface area contributed by atoms with Crippen LogP contribution in [0, 0.1) is 0 Å². The summed E-state index contributed by atoms with van der Waals surface area (Å²) in [5.41, 5.74) is 0. The summed E-state index contributed by atoms with van der Waals surface area (Å²) in [5.74, 6) is -0.371. The lowest BCUT2D eigenvalue weighted by Gasteiger charge is -2.15. The highest BCUT2D eigenvalue weighted by molar-refractivity contribution is 6.02. The van der Waals surface area contributed by atoms with Crippen molar-refractivity contribution in [3.8, 4) is 0 Å². The van der Waals surface area contributed by atoms with Crippen LogP contribution in [0.1, 0.15) is 25.7 Å². The zero-order chi connectivity index (χ0) is 15.9. The molecule has 0 saturated carbocycles. The molecule has 2 aliphatic heterocycles. The molecule has 0 atom stereocenters.